The lowest BCUT2D eigenvalue weighted by Gasteiger charge is -2.16. The van der Waals surface area contributed by atoms with Crippen LogP contribution in [0.15, 0.2) is 16.6 Å². The van der Waals surface area contributed by atoms with Crippen LogP contribution in [0.25, 0.3) is 0 Å². The third kappa shape index (κ3) is 4.21. The monoisotopic (exact) mass is 302 g/mol. The van der Waals surface area contributed by atoms with E-state index < -0.39 is 0 Å². The number of halogens is 1. The van der Waals surface area contributed by atoms with Crippen molar-refractivity contribution in [1.29, 1.82) is 0 Å². The zero-order valence-corrected chi connectivity index (χ0v) is 12.2. The Morgan fingerprint density at radius 1 is 1.24 bits per heavy atom. The van der Waals surface area contributed by atoms with Gasteiger partial charge < -0.3 is 14.6 Å². The van der Waals surface area contributed by atoms with Crippen LogP contribution in [0, 0.1) is 0 Å². The van der Waals surface area contributed by atoms with Gasteiger partial charge in [0.25, 0.3) is 0 Å². The molecule has 0 aliphatic carbocycles. The molecule has 3 nitrogen and oxygen atoms in total. The summed E-state index contributed by atoms with van der Waals surface area (Å²) in [7, 11) is 1.61. The van der Waals surface area contributed by atoms with Crippen LogP contribution in [0.1, 0.15) is 26.3 Å². The van der Waals surface area contributed by atoms with E-state index in [0.29, 0.717) is 17.9 Å². The Morgan fingerprint density at radius 2 is 1.88 bits per heavy atom. The summed E-state index contributed by atoms with van der Waals surface area (Å²) in [4.78, 5) is 0. The van der Waals surface area contributed by atoms with Crippen molar-refractivity contribution in [1.82, 2.24) is 0 Å². The van der Waals surface area contributed by atoms with Crippen LogP contribution in [0.5, 0.6) is 11.5 Å². The van der Waals surface area contributed by atoms with E-state index >= 15 is 0 Å². The molecule has 1 aromatic rings. The molecule has 1 unspecified atom stereocenters. The zero-order chi connectivity index (χ0) is 13.0. The third-order valence-corrected chi connectivity index (χ3v) is 2.95. The number of aliphatic hydroxyl groups is 1. The summed E-state index contributed by atoms with van der Waals surface area (Å²) in [5.74, 6) is 1.40. The first-order valence-electron chi connectivity index (χ1n) is 5.65. The van der Waals surface area contributed by atoms with E-state index in [4.69, 9.17) is 9.47 Å². The second-order valence-corrected chi connectivity index (χ2v) is 5.17. The third-order valence-electron chi connectivity index (χ3n) is 2.21. The first-order chi connectivity index (χ1) is 7.93. The summed E-state index contributed by atoms with van der Waals surface area (Å²) in [5.41, 5.74) is 1.01. The molecule has 1 rings (SSSR count). The van der Waals surface area contributed by atoms with E-state index in [9.17, 15) is 5.11 Å². The summed E-state index contributed by atoms with van der Waals surface area (Å²) >= 11 is 3.47. The van der Waals surface area contributed by atoms with Crippen LogP contribution in [-0.4, -0.2) is 24.4 Å². The fourth-order valence-corrected chi connectivity index (χ4v) is 2.04. The van der Waals surface area contributed by atoms with E-state index in [1.807, 2.05) is 26.0 Å². The Kier molecular flexibility index (Phi) is 5.28. The van der Waals surface area contributed by atoms with Crippen molar-refractivity contribution >= 4 is 15.9 Å². The molecule has 96 valence electrons. The van der Waals surface area contributed by atoms with Gasteiger partial charge >= 0.3 is 0 Å². The molecule has 17 heavy (non-hydrogen) atoms. The van der Waals surface area contributed by atoms with E-state index in [-0.39, 0.29) is 12.2 Å². The van der Waals surface area contributed by atoms with Crippen LogP contribution in [0.3, 0.4) is 0 Å². The number of rotatable bonds is 5. The molecule has 0 heterocycles. The molecule has 0 bridgehead atoms. The molecule has 0 aromatic heterocycles. The SMILES string of the molecule is COc1cc(Br)c(CC(C)O)cc1OC(C)C. The maximum atomic E-state index is 9.44. The minimum absolute atomic E-state index is 0.0875. The quantitative estimate of drug-likeness (QED) is 0.908. The summed E-state index contributed by atoms with van der Waals surface area (Å²) in [6, 6.07) is 3.78. The first-order valence-corrected chi connectivity index (χ1v) is 6.44. The van der Waals surface area contributed by atoms with Crippen LogP contribution in [0.2, 0.25) is 0 Å². The van der Waals surface area contributed by atoms with E-state index in [2.05, 4.69) is 15.9 Å². The smallest absolute Gasteiger partial charge is 0.161 e. The second-order valence-electron chi connectivity index (χ2n) is 4.31. The van der Waals surface area contributed by atoms with Crippen molar-refractivity contribution in [3.05, 3.63) is 22.2 Å². The van der Waals surface area contributed by atoms with Crippen LogP contribution in [-0.2, 0) is 6.42 Å². The van der Waals surface area contributed by atoms with Gasteiger partial charge in [0.15, 0.2) is 11.5 Å². The zero-order valence-electron chi connectivity index (χ0n) is 10.7. The van der Waals surface area contributed by atoms with Gasteiger partial charge in [-0.3, -0.25) is 0 Å². The number of benzene rings is 1. The van der Waals surface area contributed by atoms with Gasteiger partial charge in [-0.15, -0.1) is 0 Å². The highest BCUT2D eigenvalue weighted by atomic mass is 79.9. The predicted octanol–water partition coefficient (Wildman–Crippen LogP) is 3.17. The molecular formula is C13H19BrO3. The Balaban J connectivity index is 3.08. The summed E-state index contributed by atoms with van der Waals surface area (Å²) in [5, 5.41) is 9.44. The molecule has 0 fully saturated rings. The largest absolute Gasteiger partial charge is 0.493 e. The van der Waals surface area contributed by atoms with Gasteiger partial charge in [0.05, 0.1) is 19.3 Å². The van der Waals surface area contributed by atoms with Crippen LogP contribution >= 0.6 is 15.9 Å². The lowest BCUT2D eigenvalue weighted by Crippen LogP contribution is -2.09. The van der Waals surface area contributed by atoms with Gasteiger partial charge in [-0.1, -0.05) is 15.9 Å². The molecule has 0 spiro atoms. The summed E-state index contributed by atoms with van der Waals surface area (Å²) in [6.07, 6.45) is 0.287. The fraction of sp³-hybridized carbons (Fsp3) is 0.538. The molecule has 1 atom stereocenters. The minimum atomic E-state index is -0.383. The van der Waals surface area contributed by atoms with E-state index in [0.717, 1.165) is 10.0 Å². The maximum absolute atomic E-state index is 9.44. The van der Waals surface area contributed by atoms with Gasteiger partial charge in [-0.2, -0.15) is 0 Å². The highest BCUT2D eigenvalue weighted by Gasteiger charge is 2.12. The van der Waals surface area contributed by atoms with Crippen LogP contribution in [0.4, 0.5) is 0 Å². The topological polar surface area (TPSA) is 38.7 Å². The van der Waals surface area contributed by atoms with Crippen molar-refractivity contribution in [3.8, 4) is 11.5 Å². The predicted molar refractivity (Wildman–Crippen MR) is 71.8 cm³/mol. The van der Waals surface area contributed by atoms with Crippen LogP contribution < -0.4 is 9.47 Å². The molecule has 0 aliphatic rings. The number of hydrogen-bond acceptors (Lipinski definition) is 3. The minimum Gasteiger partial charge on any atom is -0.493 e. The number of ether oxygens (including phenoxy) is 2. The highest BCUT2D eigenvalue weighted by molar-refractivity contribution is 9.10. The molecule has 0 saturated heterocycles. The highest BCUT2D eigenvalue weighted by Crippen LogP contribution is 2.34. The molecule has 0 aliphatic heterocycles. The first kappa shape index (κ1) is 14.3. The number of hydrogen-bond donors (Lipinski definition) is 1. The van der Waals surface area contributed by atoms with Gasteiger partial charge in [0.1, 0.15) is 0 Å². The van der Waals surface area contributed by atoms with Crippen molar-refractivity contribution < 1.29 is 14.6 Å². The van der Waals surface area contributed by atoms with Crippen molar-refractivity contribution in [2.24, 2.45) is 0 Å². The summed E-state index contributed by atoms with van der Waals surface area (Å²) in [6.45, 7) is 5.70. The molecule has 1 N–H and O–H groups in total. The number of methoxy groups -OCH3 is 1. The molecule has 1 aromatic carbocycles. The van der Waals surface area contributed by atoms with E-state index in [1.54, 1.807) is 14.0 Å². The number of aliphatic hydroxyl groups excluding tert-OH is 1. The normalized spacial score (nSPS) is 12.6. The average molecular weight is 303 g/mol. The molecule has 4 heteroatoms. The van der Waals surface area contributed by atoms with Gasteiger partial charge in [-0.05, 0) is 44.9 Å². The Labute approximate surface area is 111 Å². The molecule has 0 amide bonds. The van der Waals surface area contributed by atoms with Gasteiger partial charge in [-0.25, -0.2) is 0 Å². The lowest BCUT2D eigenvalue weighted by atomic mass is 10.1. The maximum Gasteiger partial charge on any atom is 0.161 e. The standard InChI is InChI=1S/C13H19BrO3/c1-8(2)17-13-6-10(5-9(3)15)11(14)7-12(13)16-4/h6-9,15H,5H2,1-4H3. The molecule has 0 radical (unpaired) electrons. The van der Waals surface area contributed by atoms with Crippen molar-refractivity contribution in [2.75, 3.05) is 7.11 Å². The lowest BCUT2D eigenvalue weighted by molar-refractivity contribution is 0.194. The Morgan fingerprint density at radius 3 is 2.35 bits per heavy atom. The Hall–Kier alpha value is -0.740. The van der Waals surface area contributed by atoms with Gasteiger partial charge in [0.2, 0.25) is 0 Å². The van der Waals surface area contributed by atoms with Crippen molar-refractivity contribution in [3.63, 3.8) is 0 Å². The average Bonchev–Trinajstić information content (AvgIpc) is 2.21. The fourth-order valence-electron chi connectivity index (χ4n) is 1.56. The Bertz CT molecular complexity index is 375. The van der Waals surface area contributed by atoms with Crippen molar-refractivity contribution in [2.45, 2.75) is 39.4 Å². The second kappa shape index (κ2) is 6.26. The molecular weight excluding hydrogens is 284 g/mol. The molecule has 0 saturated carbocycles. The van der Waals surface area contributed by atoms with E-state index in [1.165, 1.54) is 0 Å². The summed E-state index contributed by atoms with van der Waals surface area (Å²) < 4.78 is 11.9. The van der Waals surface area contributed by atoms with Gasteiger partial charge in [0, 0.05) is 4.47 Å².